The van der Waals surface area contributed by atoms with E-state index >= 15 is 0 Å². The molecular formula is C16H23F3IN3O2S. The van der Waals surface area contributed by atoms with E-state index in [9.17, 15) is 21.6 Å². The van der Waals surface area contributed by atoms with Gasteiger partial charge in [-0.05, 0) is 30.5 Å². The number of nitrogens with one attached hydrogen (secondary N) is 1. The summed E-state index contributed by atoms with van der Waals surface area (Å²) >= 11 is 0. The number of hydrogen-bond donors (Lipinski definition) is 2. The van der Waals surface area contributed by atoms with Crippen LogP contribution in [0.2, 0.25) is 0 Å². The van der Waals surface area contributed by atoms with Crippen molar-refractivity contribution in [2.75, 3.05) is 6.26 Å². The van der Waals surface area contributed by atoms with Crippen LogP contribution in [0.25, 0.3) is 0 Å². The molecule has 1 aliphatic rings. The van der Waals surface area contributed by atoms with Crippen LogP contribution in [0.3, 0.4) is 0 Å². The molecule has 0 heterocycles. The fraction of sp³-hybridized carbons (Fsp3) is 0.562. The van der Waals surface area contributed by atoms with E-state index in [0.717, 1.165) is 44.1 Å². The van der Waals surface area contributed by atoms with Crippen LogP contribution in [0.1, 0.15) is 43.2 Å². The van der Waals surface area contributed by atoms with E-state index in [1.807, 2.05) is 0 Å². The van der Waals surface area contributed by atoms with E-state index in [4.69, 9.17) is 5.73 Å². The van der Waals surface area contributed by atoms with Gasteiger partial charge in [0.05, 0.1) is 17.0 Å². The first-order valence-corrected chi connectivity index (χ1v) is 9.93. The van der Waals surface area contributed by atoms with Crippen LogP contribution in [0, 0.1) is 0 Å². The second-order valence-electron chi connectivity index (χ2n) is 6.28. The lowest BCUT2D eigenvalue weighted by Gasteiger charge is -2.23. The van der Waals surface area contributed by atoms with Gasteiger partial charge in [0.25, 0.3) is 0 Å². The molecule has 0 radical (unpaired) electrons. The van der Waals surface area contributed by atoms with Gasteiger partial charge in [-0.2, -0.15) is 13.2 Å². The van der Waals surface area contributed by atoms with Crippen molar-refractivity contribution in [2.24, 2.45) is 10.7 Å². The van der Waals surface area contributed by atoms with Crippen molar-refractivity contribution < 1.29 is 21.6 Å². The Morgan fingerprint density at radius 1 is 1.27 bits per heavy atom. The minimum absolute atomic E-state index is 0. The highest BCUT2D eigenvalue weighted by molar-refractivity contribution is 14.0. The average Bonchev–Trinajstić information content (AvgIpc) is 2.52. The normalized spacial score (nSPS) is 16.8. The predicted octanol–water partition coefficient (Wildman–Crippen LogP) is 3.46. The zero-order chi connectivity index (χ0) is 18.7. The SMILES string of the molecule is CS(=O)(=O)c1ccc(CN=C(N)NC2CCCCC2)cc1C(F)(F)F.I. The molecule has 1 saturated carbocycles. The molecule has 0 amide bonds. The van der Waals surface area contributed by atoms with Crippen LogP contribution in [0.4, 0.5) is 13.2 Å². The van der Waals surface area contributed by atoms with Crippen molar-refractivity contribution in [3.63, 3.8) is 0 Å². The van der Waals surface area contributed by atoms with Crippen LogP contribution in [-0.2, 0) is 22.6 Å². The third-order valence-corrected chi connectivity index (χ3v) is 5.29. The Balaban J connectivity index is 0.00000338. The molecule has 5 nitrogen and oxygen atoms in total. The number of rotatable bonds is 4. The van der Waals surface area contributed by atoms with Crippen LogP contribution in [0.15, 0.2) is 28.1 Å². The summed E-state index contributed by atoms with van der Waals surface area (Å²) in [6.07, 6.45) is 1.42. The molecule has 1 aromatic carbocycles. The minimum atomic E-state index is -4.76. The quantitative estimate of drug-likeness (QED) is 0.373. The molecule has 0 atom stereocenters. The zero-order valence-electron chi connectivity index (χ0n) is 14.3. The van der Waals surface area contributed by atoms with Gasteiger partial charge in [0.1, 0.15) is 0 Å². The molecule has 10 heteroatoms. The van der Waals surface area contributed by atoms with Crippen LogP contribution in [0.5, 0.6) is 0 Å². The molecule has 0 bridgehead atoms. The van der Waals surface area contributed by atoms with Crippen LogP contribution < -0.4 is 11.1 Å². The van der Waals surface area contributed by atoms with Crippen LogP contribution in [-0.4, -0.2) is 26.7 Å². The fourth-order valence-corrected chi connectivity index (χ4v) is 3.79. The predicted molar refractivity (Wildman–Crippen MR) is 105 cm³/mol. The molecule has 0 aliphatic heterocycles. The lowest BCUT2D eigenvalue weighted by molar-refractivity contribution is -0.139. The molecular weight excluding hydrogens is 482 g/mol. The van der Waals surface area contributed by atoms with Crippen molar-refractivity contribution in [1.29, 1.82) is 0 Å². The van der Waals surface area contributed by atoms with Crippen molar-refractivity contribution in [3.8, 4) is 0 Å². The molecule has 1 aliphatic carbocycles. The second-order valence-corrected chi connectivity index (χ2v) is 8.27. The number of nitrogens with two attached hydrogens (primary N) is 1. The third-order valence-electron chi connectivity index (χ3n) is 4.14. The lowest BCUT2D eigenvalue weighted by atomic mass is 9.96. The fourth-order valence-electron chi connectivity index (χ4n) is 2.90. The Labute approximate surface area is 168 Å². The molecule has 26 heavy (non-hydrogen) atoms. The summed E-state index contributed by atoms with van der Waals surface area (Å²) in [6.45, 7) is -0.0569. The topological polar surface area (TPSA) is 84.5 Å². The highest BCUT2D eigenvalue weighted by Crippen LogP contribution is 2.35. The van der Waals surface area contributed by atoms with Gasteiger partial charge < -0.3 is 11.1 Å². The second kappa shape index (κ2) is 9.25. The first kappa shape index (κ1) is 23.0. The van der Waals surface area contributed by atoms with Gasteiger partial charge in [0, 0.05) is 12.3 Å². The van der Waals surface area contributed by atoms with Gasteiger partial charge >= 0.3 is 6.18 Å². The summed E-state index contributed by atoms with van der Waals surface area (Å²) in [6, 6.07) is 3.35. The highest BCUT2D eigenvalue weighted by Gasteiger charge is 2.36. The van der Waals surface area contributed by atoms with E-state index in [1.54, 1.807) is 0 Å². The van der Waals surface area contributed by atoms with Gasteiger partial charge in [-0.15, -0.1) is 24.0 Å². The summed E-state index contributed by atoms with van der Waals surface area (Å²) in [4.78, 5) is 3.33. The molecule has 148 valence electrons. The minimum Gasteiger partial charge on any atom is -0.370 e. The summed E-state index contributed by atoms with van der Waals surface area (Å²) in [5.41, 5.74) is 4.86. The third kappa shape index (κ3) is 6.60. The summed E-state index contributed by atoms with van der Waals surface area (Å²) in [5, 5.41) is 3.08. The molecule has 0 unspecified atom stereocenters. The molecule has 2 rings (SSSR count). The van der Waals surface area contributed by atoms with E-state index < -0.39 is 26.5 Å². The van der Waals surface area contributed by atoms with Gasteiger partial charge in [0.2, 0.25) is 0 Å². The number of sulfone groups is 1. The summed E-state index contributed by atoms with van der Waals surface area (Å²) < 4.78 is 62.5. The number of alkyl halides is 3. The lowest BCUT2D eigenvalue weighted by Crippen LogP contribution is -2.41. The summed E-state index contributed by atoms with van der Waals surface area (Å²) in [5.74, 6) is 0.188. The smallest absolute Gasteiger partial charge is 0.370 e. The number of guanidine groups is 1. The number of halogens is 4. The first-order valence-electron chi connectivity index (χ1n) is 8.04. The number of nitrogens with zero attached hydrogens (tertiary/aromatic N) is 1. The van der Waals surface area contributed by atoms with Crippen molar-refractivity contribution >= 4 is 39.8 Å². The molecule has 1 aromatic rings. The van der Waals surface area contributed by atoms with Gasteiger partial charge in [0.15, 0.2) is 15.8 Å². The number of aliphatic imine (C=N–C) groups is 1. The molecule has 0 saturated heterocycles. The van der Waals surface area contributed by atoms with Gasteiger partial charge in [-0.1, -0.05) is 25.3 Å². The molecule has 1 fully saturated rings. The molecule has 3 N–H and O–H groups in total. The van der Waals surface area contributed by atoms with E-state index in [0.29, 0.717) is 0 Å². The Bertz CT molecular complexity index is 746. The highest BCUT2D eigenvalue weighted by atomic mass is 127. The Kier molecular flexibility index (Phi) is 8.18. The van der Waals surface area contributed by atoms with Gasteiger partial charge in [-0.3, -0.25) is 0 Å². The average molecular weight is 505 g/mol. The van der Waals surface area contributed by atoms with Crippen molar-refractivity contribution in [3.05, 3.63) is 29.3 Å². The van der Waals surface area contributed by atoms with Crippen molar-refractivity contribution in [2.45, 2.75) is 55.8 Å². The number of hydrogen-bond acceptors (Lipinski definition) is 3. The van der Waals surface area contributed by atoms with Gasteiger partial charge in [-0.25, -0.2) is 13.4 Å². The maximum absolute atomic E-state index is 13.1. The monoisotopic (exact) mass is 505 g/mol. The largest absolute Gasteiger partial charge is 0.417 e. The maximum Gasteiger partial charge on any atom is 0.417 e. The maximum atomic E-state index is 13.1. The standard InChI is InChI=1S/C16H22F3N3O2S.HI/c1-25(23,24)14-8-7-11(9-13(14)16(17,18)19)10-21-15(20)22-12-5-3-2-4-6-12;/h7-9,12H,2-6,10H2,1H3,(H3,20,21,22);1H. The van der Waals surface area contributed by atoms with Crippen LogP contribution >= 0.6 is 24.0 Å². The molecule has 0 aromatic heterocycles. The summed E-state index contributed by atoms with van der Waals surface area (Å²) in [7, 11) is -3.98. The van der Waals surface area contributed by atoms with E-state index in [1.165, 1.54) is 12.5 Å². The first-order chi connectivity index (χ1) is 11.6. The molecule has 0 spiro atoms. The number of benzene rings is 1. The Hall–Kier alpha value is -1.04. The van der Waals surface area contributed by atoms with E-state index in [2.05, 4.69) is 10.3 Å². The van der Waals surface area contributed by atoms with E-state index in [-0.39, 0.29) is 48.1 Å². The van der Waals surface area contributed by atoms with Crippen molar-refractivity contribution in [1.82, 2.24) is 5.32 Å². The zero-order valence-corrected chi connectivity index (χ0v) is 17.5. The Morgan fingerprint density at radius 3 is 2.42 bits per heavy atom. The Morgan fingerprint density at radius 2 is 1.88 bits per heavy atom.